The van der Waals surface area contributed by atoms with Crippen molar-refractivity contribution < 1.29 is 4.79 Å². The summed E-state index contributed by atoms with van der Waals surface area (Å²) in [6.07, 6.45) is 2.17. The molecule has 28 heavy (non-hydrogen) atoms. The number of halogens is 1. The number of carbonyl (C=O) groups excluding carboxylic acids is 1. The summed E-state index contributed by atoms with van der Waals surface area (Å²) in [6, 6.07) is 15.1. The molecule has 1 fully saturated rings. The minimum Gasteiger partial charge on any atom is -0.352 e. The minimum absolute atomic E-state index is 0.137. The maximum atomic E-state index is 12.3. The van der Waals surface area contributed by atoms with Gasteiger partial charge in [0.05, 0.1) is 0 Å². The Kier molecular flexibility index (Phi) is 6.47. The zero-order chi connectivity index (χ0) is 20.3. The molecule has 3 rings (SSSR count). The van der Waals surface area contributed by atoms with E-state index >= 15 is 0 Å². The molecule has 0 bridgehead atoms. The molecule has 1 aliphatic heterocycles. The summed E-state index contributed by atoms with van der Waals surface area (Å²) in [5.74, 6) is 0.137. The van der Waals surface area contributed by atoms with Crippen LogP contribution in [0.1, 0.15) is 44.7 Å². The molecule has 1 unspecified atom stereocenters. The second kappa shape index (κ2) is 8.67. The molecule has 150 valence electrons. The number of aryl methyl sites for hydroxylation is 1. The molecule has 1 aliphatic rings. The summed E-state index contributed by atoms with van der Waals surface area (Å²) in [7, 11) is 0. The van der Waals surface area contributed by atoms with Crippen LogP contribution in [0.4, 0.5) is 0 Å². The fourth-order valence-electron chi connectivity index (χ4n) is 3.60. The number of benzene rings is 2. The maximum Gasteiger partial charge on any atom is 0.225 e. The van der Waals surface area contributed by atoms with E-state index in [0.717, 1.165) is 48.6 Å². The highest BCUT2D eigenvalue weighted by molar-refractivity contribution is 6.31. The van der Waals surface area contributed by atoms with Gasteiger partial charge in [-0.1, -0.05) is 62.7 Å². The first-order chi connectivity index (χ1) is 13.2. The molecule has 0 spiro atoms. The molecule has 0 radical (unpaired) electrons. The van der Waals surface area contributed by atoms with Crippen LogP contribution in [0.15, 0.2) is 42.5 Å². The SMILES string of the molecule is Cc1ccc(-c2cccc(CN3CCCC(NC(=O)C(C)(C)C)C3)c2)cc1Cl. The summed E-state index contributed by atoms with van der Waals surface area (Å²) < 4.78 is 0. The van der Waals surface area contributed by atoms with E-state index in [-0.39, 0.29) is 17.4 Å². The van der Waals surface area contributed by atoms with E-state index in [1.165, 1.54) is 11.1 Å². The van der Waals surface area contributed by atoms with Crippen molar-refractivity contribution in [2.24, 2.45) is 5.41 Å². The Morgan fingerprint density at radius 1 is 1.18 bits per heavy atom. The summed E-state index contributed by atoms with van der Waals surface area (Å²) in [5.41, 5.74) is 4.38. The summed E-state index contributed by atoms with van der Waals surface area (Å²) in [6.45, 7) is 10.8. The summed E-state index contributed by atoms with van der Waals surface area (Å²) in [5, 5.41) is 4.03. The lowest BCUT2D eigenvalue weighted by Gasteiger charge is -2.34. The van der Waals surface area contributed by atoms with E-state index in [9.17, 15) is 4.79 Å². The largest absolute Gasteiger partial charge is 0.352 e. The number of carbonyl (C=O) groups is 1. The molecule has 1 atom stereocenters. The number of likely N-dealkylation sites (tertiary alicyclic amines) is 1. The molecule has 0 aliphatic carbocycles. The van der Waals surface area contributed by atoms with Crippen LogP contribution in [0.2, 0.25) is 5.02 Å². The van der Waals surface area contributed by atoms with Gasteiger partial charge in [-0.15, -0.1) is 0 Å². The van der Waals surface area contributed by atoms with Crippen LogP contribution >= 0.6 is 11.6 Å². The molecule has 1 amide bonds. The third-order valence-corrected chi connectivity index (χ3v) is 5.77. The zero-order valence-electron chi connectivity index (χ0n) is 17.4. The number of piperidine rings is 1. The van der Waals surface area contributed by atoms with Crippen molar-refractivity contribution >= 4 is 17.5 Å². The van der Waals surface area contributed by atoms with E-state index in [0.29, 0.717) is 0 Å². The monoisotopic (exact) mass is 398 g/mol. The molecule has 2 aromatic rings. The quantitative estimate of drug-likeness (QED) is 0.743. The molecule has 1 N–H and O–H groups in total. The molecule has 0 saturated carbocycles. The molecular formula is C24H31ClN2O. The number of hydrogen-bond donors (Lipinski definition) is 1. The van der Waals surface area contributed by atoms with Crippen LogP contribution in [-0.2, 0) is 11.3 Å². The summed E-state index contributed by atoms with van der Waals surface area (Å²) in [4.78, 5) is 14.8. The molecule has 0 aromatic heterocycles. The van der Waals surface area contributed by atoms with Crippen molar-refractivity contribution in [3.05, 3.63) is 58.6 Å². The van der Waals surface area contributed by atoms with Crippen LogP contribution in [0.3, 0.4) is 0 Å². The van der Waals surface area contributed by atoms with Crippen molar-refractivity contribution in [3.63, 3.8) is 0 Å². The van der Waals surface area contributed by atoms with Gasteiger partial charge in [-0.2, -0.15) is 0 Å². The third-order valence-electron chi connectivity index (χ3n) is 5.36. The van der Waals surface area contributed by atoms with Gasteiger partial charge < -0.3 is 5.32 Å². The molecule has 2 aromatic carbocycles. The Morgan fingerprint density at radius 3 is 2.64 bits per heavy atom. The van der Waals surface area contributed by atoms with Gasteiger partial charge in [0, 0.05) is 29.6 Å². The first kappa shape index (κ1) is 20.9. The number of rotatable bonds is 4. The normalized spacial score (nSPS) is 18.1. The van der Waals surface area contributed by atoms with E-state index in [1.807, 2.05) is 33.8 Å². The van der Waals surface area contributed by atoms with E-state index in [4.69, 9.17) is 11.6 Å². The lowest BCUT2D eigenvalue weighted by atomic mass is 9.94. The topological polar surface area (TPSA) is 32.3 Å². The fraction of sp³-hybridized carbons (Fsp3) is 0.458. The minimum atomic E-state index is -0.341. The second-order valence-corrected chi connectivity index (χ2v) is 9.37. The smallest absolute Gasteiger partial charge is 0.225 e. The molecule has 1 saturated heterocycles. The standard InChI is InChI=1S/C24H31ClN2O/c1-17-10-11-20(14-22(17)25)19-8-5-7-18(13-19)15-27-12-6-9-21(16-27)26-23(28)24(2,3)4/h5,7-8,10-11,13-14,21H,6,9,12,15-16H2,1-4H3,(H,26,28). The number of nitrogens with zero attached hydrogens (tertiary/aromatic N) is 1. The molecular weight excluding hydrogens is 368 g/mol. The average molecular weight is 399 g/mol. The van der Waals surface area contributed by atoms with E-state index in [1.54, 1.807) is 0 Å². The van der Waals surface area contributed by atoms with E-state index < -0.39 is 0 Å². The van der Waals surface area contributed by atoms with Gasteiger partial charge in [-0.05, 0) is 60.7 Å². The highest BCUT2D eigenvalue weighted by atomic mass is 35.5. The van der Waals surface area contributed by atoms with Gasteiger partial charge in [-0.3, -0.25) is 9.69 Å². The van der Waals surface area contributed by atoms with Crippen LogP contribution in [0.5, 0.6) is 0 Å². The molecule has 4 heteroatoms. The van der Waals surface area contributed by atoms with Crippen molar-refractivity contribution in [3.8, 4) is 11.1 Å². The predicted octanol–water partition coefficient (Wildman–Crippen LogP) is 5.44. The van der Waals surface area contributed by atoms with Gasteiger partial charge >= 0.3 is 0 Å². The third kappa shape index (κ3) is 5.36. The van der Waals surface area contributed by atoms with Crippen molar-refractivity contribution in [1.82, 2.24) is 10.2 Å². The number of amides is 1. The van der Waals surface area contributed by atoms with Crippen LogP contribution in [-0.4, -0.2) is 29.9 Å². The second-order valence-electron chi connectivity index (χ2n) is 8.96. The maximum absolute atomic E-state index is 12.3. The highest BCUT2D eigenvalue weighted by Gasteiger charge is 2.27. The van der Waals surface area contributed by atoms with Crippen molar-refractivity contribution in [2.75, 3.05) is 13.1 Å². The molecule has 3 nitrogen and oxygen atoms in total. The van der Waals surface area contributed by atoms with Gasteiger partial charge in [0.2, 0.25) is 5.91 Å². The van der Waals surface area contributed by atoms with Crippen molar-refractivity contribution in [1.29, 1.82) is 0 Å². The Morgan fingerprint density at radius 2 is 1.93 bits per heavy atom. The lowest BCUT2D eigenvalue weighted by molar-refractivity contribution is -0.129. The van der Waals surface area contributed by atoms with Gasteiger partial charge in [0.25, 0.3) is 0 Å². The van der Waals surface area contributed by atoms with E-state index in [2.05, 4.69) is 46.6 Å². The van der Waals surface area contributed by atoms with Crippen LogP contribution < -0.4 is 5.32 Å². The average Bonchev–Trinajstić information content (AvgIpc) is 2.64. The Hall–Kier alpha value is -1.84. The van der Waals surface area contributed by atoms with Gasteiger partial charge in [-0.25, -0.2) is 0 Å². The summed E-state index contributed by atoms with van der Waals surface area (Å²) >= 11 is 6.31. The van der Waals surface area contributed by atoms with Crippen molar-refractivity contribution in [2.45, 2.75) is 53.1 Å². The van der Waals surface area contributed by atoms with Gasteiger partial charge in [0.1, 0.15) is 0 Å². The lowest BCUT2D eigenvalue weighted by Crippen LogP contribution is -2.50. The van der Waals surface area contributed by atoms with Crippen LogP contribution in [0.25, 0.3) is 11.1 Å². The first-order valence-electron chi connectivity index (χ1n) is 10.1. The highest BCUT2D eigenvalue weighted by Crippen LogP contribution is 2.26. The van der Waals surface area contributed by atoms with Gasteiger partial charge in [0.15, 0.2) is 0 Å². The molecule has 1 heterocycles. The van der Waals surface area contributed by atoms with Crippen LogP contribution in [0, 0.1) is 12.3 Å². The predicted molar refractivity (Wildman–Crippen MR) is 118 cm³/mol. The fourth-order valence-corrected chi connectivity index (χ4v) is 3.78. The number of nitrogens with one attached hydrogen (secondary N) is 1. The zero-order valence-corrected chi connectivity index (χ0v) is 18.1. The number of hydrogen-bond acceptors (Lipinski definition) is 2. The Balaban J connectivity index is 1.66. The first-order valence-corrected chi connectivity index (χ1v) is 10.5. The Labute approximate surface area is 174 Å². The Bertz CT molecular complexity index is 841.